The molecular formula is C14H19N3O3. The lowest BCUT2D eigenvalue weighted by Crippen LogP contribution is -2.53. The molecule has 0 aromatic heterocycles. The van der Waals surface area contributed by atoms with Crippen molar-refractivity contribution >= 4 is 17.7 Å². The zero-order valence-electron chi connectivity index (χ0n) is 12.0. The van der Waals surface area contributed by atoms with Crippen LogP contribution >= 0.6 is 0 Å². The molecule has 1 atom stereocenters. The highest BCUT2D eigenvalue weighted by atomic mass is 16.5. The minimum atomic E-state index is -0.411. The van der Waals surface area contributed by atoms with E-state index < -0.39 is 5.97 Å². The zero-order valence-corrected chi connectivity index (χ0v) is 12.0. The molecule has 0 aromatic rings. The van der Waals surface area contributed by atoms with Crippen LogP contribution in [0.4, 0.5) is 0 Å². The highest BCUT2D eigenvalue weighted by molar-refractivity contribution is 5.92. The number of fused-ring (bicyclic) bond motifs is 1. The van der Waals surface area contributed by atoms with Crippen LogP contribution < -0.4 is 0 Å². The highest BCUT2D eigenvalue weighted by Gasteiger charge is 2.34. The van der Waals surface area contributed by atoms with Crippen LogP contribution in [-0.4, -0.2) is 60.3 Å². The molecule has 2 heterocycles. The van der Waals surface area contributed by atoms with Crippen LogP contribution in [0.25, 0.3) is 0 Å². The van der Waals surface area contributed by atoms with Crippen molar-refractivity contribution in [2.45, 2.75) is 19.9 Å². The van der Waals surface area contributed by atoms with Gasteiger partial charge in [-0.25, -0.2) is 0 Å². The normalized spacial score (nSPS) is 22.4. The summed E-state index contributed by atoms with van der Waals surface area (Å²) in [6.07, 6.45) is 1.78. The fraction of sp³-hybridized carbons (Fsp3) is 0.500. The number of amides is 1. The Hall–Kier alpha value is -2.11. The number of amidine groups is 1. The molecule has 2 aliphatic heterocycles. The molecule has 0 aliphatic carbocycles. The number of rotatable bonds is 3. The van der Waals surface area contributed by atoms with Crippen LogP contribution in [0.15, 0.2) is 28.9 Å². The predicted molar refractivity (Wildman–Crippen MR) is 75.1 cm³/mol. The van der Waals surface area contributed by atoms with Crippen molar-refractivity contribution in [1.82, 2.24) is 9.80 Å². The van der Waals surface area contributed by atoms with E-state index in [-0.39, 0.29) is 25.0 Å². The second-order valence-corrected chi connectivity index (χ2v) is 4.90. The fourth-order valence-electron chi connectivity index (χ4n) is 2.46. The number of esters is 1. The van der Waals surface area contributed by atoms with Gasteiger partial charge in [0.1, 0.15) is 18.9 Å². The van der Waals surface area contributed by atoms with E-state index in [0.717, 1.165) is 17.1 Å². The molecule has 1 amide bonds. The van der Waals surface area contributed by atoms with Gasteiger partial charge >= 0.3 is 5.97 Å². The summed E-state index contributed by atoms with van der Waals surface area (Å²) in [6, 6.07) is -0.0607. The summed E-state index contributed by atoms with van der Waals surface area (Å²) in [4.78, 5) is 31.4. The van der Waals surface area contributed by atoms with Crippen LogP contribution in [0, 0.1) is 0 Å². The number of nitrogens with zero attached hydrogens (tertiary/aromatic N) is 3. The van der Waals surface area contributed by atoms with Crippen LogP contribution in [0.3, 0.4) is 0 Å². The maximum atomic E-state index is 12.1. The third-order valence-corrected chi connectivity index (χ3v) is 3.70. The van der Waals surface area contributed by atoms with E-state index in [1.54, 1.807) is 6.08 Å². The summed E-state index contributed by atoms with van der Waals surface area (Å²) >= 11 is 0. The van der Waals surface area contributed by atoms with E-state index in [0.29, 0.717) is 6.54 Å². The number of hydrogen-bond donors (Lipinski definition) is 0. The summed E-state index contributed by atoms with van der Waals surface area (Å²) in [5, 5.41) is 0. The maximum Gasteiger partial charge on any atom is 0.325 e. The molecule has 1 fully saturated rings. The van der Waals surface area contributed by atoms with Crippen LogP contribution in [-0.2, 0) is 14.3 Å². The zero-order chi connectivity index (χ0) is 14.9. The Bertz CT molecular complexity index is 522. The van der Waals surface area contributed by atoms with Gasteiger partial charge in [-0.15, -0.1) is 6.58 Å². The Kier molecular flexibility index (Phi) is 3.92. The third-order valence-electron chi connectivity index (χ3n) is 3.70. The molecular weight excluding hydrogens is 258 g/mol. The molecule has 108 valence electrons. The van der Waals surface area contributed by atoms with Gasteiger partial charge < -0.3 is 14.5 Å². The Labute approximate surface area is 118 Å². The summed E-state index contributed by atoms with van der Waals surface area (Å²) in [5.74, 6) is 0.298. The summed E-state index contributed by atoms with van der Waals surface area (Å²) in [5.41, 5.74) is 2.08. The minimum absolute atomic E-state index is 0.0189. The lowest BCUT2D eigenvalue weighted by atomic mass is 10.0. The topological polar surface area (TPSA) is 62.2 Å². The molecule has 0 bridgehead atoms. The van der Waals surface area contributed by atoms with Gasteiger partial charge in [-0.05, 0) is 19.4 Å². The van der Waals surface area contributed by atoms with E-state index in [1.807, 2.05) is 18.7 Å². The third kappa shape index (κ3) is 2.45. The molecule has 6 heteroatoms. The lowest BCUT2D eigenvalue weighted by Gasteiger charge is -2.41. The quantitative estimate of drug-likeness (QED) is 0.559. The number of carbonyl (C=O) groups is 2. The van der Waals surface area contributed by atoms with Gasteiger partial charge in [0.15, 0.2) is 0 Å². The average molecular weight is 277 g/mol. The van der Waals surface area contributed by atoms with Gasteiger partial charge in [0.05, 0.1) is 19.7 Å². The number of ether oxygens (including phenoxy) is 1. The standard InChI is InChI=1S/C14H19N3O3/c1-5-11-9(2)12-6-16(8-14(19)20-4)13(18)7-17(12)10(3)15-11/h5,11H,1,6-8H2,2-4H3/t11-/m0/s1. The molecule has 2 rings (SSSR count). The number of aliphatic imine (C=N–C) groups is 1. The lowest BCUT2D eigenvalue weighted by molar-refractivity contribution is -0.147. The number of carbonyl (C=O) groups excluding carboxylic acids is 2. The first-order valence-electron chi connectivity index (χ1n) is 6.46. The van der Waals surface area contributed by atoms with Crippen LogP contribution in [0.1, 0.15) is 13.8 Å². The van der Waals surface area contributed by atoms with Gasteiger partial charge in [0, 0.05) is 5.70 Å². The van der Waals surface area contributed by atoms with Gasteiger partial charge in [0.2, 0.25) is 5.91 Å². The summed E-state index contributed by atoms with van der Waals surface area (Å²) < 4.78 is 4.63. The number of methoxy groups -OCH3 is 1. The van der Waals surface area contributed by atoms with Crippen molar-refractivity contribution in [2.24, 2.45) is 4.99 Å². The number of hydrogen-bond acceptors (Lipinski definition) is 5. The van der Waals surface area contributed by atoms with E-state index in [9.17, 15) is 9.59 Å². The van der Waals surface area contributed by atoms with Crippen molar-refractivity contribution < 1.29 is 14.3 Å². The SMILES string of the molecule is C=C[C@@H]1N=C(C)N2CC(=O)N(CC(=O)OC)CC2=C1C. The molecule has 0 saturated carbocycles. The Morgan fingerprint density at radius 2 is 2.20 bits per heavy atom. The van der Waals surface area contributed by atoms with E-state index in [4.69, 9.17) is 0 Å². The molecule has 2 aliphatic rings. The molecule has 0 N–H and O–H groups in total. The first-order valence-corrected chi connectivity index (χ1v) is 6.46. The molecule has 0 radical (unpaired) electrons. The summed E-state index contributed by atoms with van der Waals surface area (Å²) in [7, 11) is 1.32. The molecule has 0 spiro atoms. The predicted octanol–water partition coefficient (Wildman–Crippen LogP) is 0.564. The average Bonchev–Trinajstić information content (AvgIpc) is 2.44. The van der Waals surface area contributed by atoms with Crippen molar-refractivity contribution in [3.8, 4) is 0 Å². The Morgan fingerprint density at radius 3 is 2.80 bits per heavy atom. The van der Waals surface area contributed by atoms with Crippen LogP contribution in [0.2, 0.25) is 0 Å². The van der Waals surface area contributed by atoms with E-state index >= 15 is 0 Å². The Morgan fingerprint density at radius 1 is 1.50 bits per heavy atom. The van der Waals surface area contributed by atoms with Crippen molar-refractivity contribution in [1.29, 1.82) is 0 Å². The van der Waals surface area contributed by atoms with Gasteiger partial charge in [-0.2, -0.15) is 0 Å². The summed E-state index contributed by atoms with van der Waals surface area (Å²) in [6.45, 7) is 8.24. The molecule has 1 saturated heterocycles. The van der Waals surface area contributed by atoms with Gasteiger partial charge in [-0.3, -0.25) is 14.6 Å². The van der Waals surface area contributed by atoms with Gasteiger partial charge in [0.25, 0.3) is 0 Å². The molecule has 0 unspecified atom stereocenters. The smallest absolute Gasteiger partial charge is 0.325 e. The van der Waals surface area contributed by atoms with Crippen LogP contribution in [0.5, 0.6) is 0 Å². The second-order valence-electron chi connectivity index (χ2n) is 4.90. The largest absolute Gasteiger partial charge is 0.468 e. The Balaban J connectivity index is 2.26. The second kappa shape index (κ2) is 5.48. The van der Waals surface area contributed by atoms with Crippen molar-refractivity contribution in [2.75, 3.05) is 26.7 Å². The molecule has 6 nitrogen and oxygen atoms in total. The van der Waals surface area contributed by atoms with Gasteiger partial charge in [-0.1, -0.05) is 6.08 Å². The van der Waals surface area contributed by atoms with E-state index in [2.05, 4.69) is 16.3 Å². The first-order chi connectivity index (χ1) is 9.47. The number of piperazine rings is 1. The molecule has 20 heavy (non-hydrogen) atoms. The molecule has 0 aromatic carbocycles. The maximum absolute atomic E-state index is 12.1. The van der Waals surface area contributed by atoms with E-state index in [1.165, 1.54) is 12.0 Å². The monoisotopic (exact) mass is 277 g/mol. The fourth-order valence-corrected chi connectivity index (χ4v) is 2.46. The minimum Gasteiger partial charge on any atom is -0.468 e. The first kappa shape index (κ1) is 14.3. The van der Waals surface area contributed by atoms with Crippen molar-refractivity contribution in [3.63, 3.8) is 0 Å². The highest BCUT2D eigenvalue weighted by Crippen LogP contribution is 2.26. The van der Waals surface area contributed by atoms with Crippen molar-refractivity contribution in [3.05, 3.63) is 23.9 Å².